The van der Waals surface area contributed by atoms with E-state index >= 15 is 0 Å². The molecule has 2 aromatic rings. The highest BCUT2D eigenvalue weighted by Gasteiger charge is 2.30. The van der Waals surface area contributed by atoms with Crippen LogP contribution in [0.3, 0.4) is 0 Å². The lowest BCUT2D eigenvalue weighted by Crippen LogP contribution is -2.52. The first-order valence-corrected chi connectivity index (χ1v) is 7.69. The van der Waals surface area contributed by atoms with Gasteiger partial charge in [0.1, 0.15) is 52.8 Å². The van der Waals surface area contributed by atoms with Crippen molar-refractivity contribution in [2.45, 2.75) is 16.2 Å². The van der Waals surface area contributed by atoms with Gasteiger partial charge in [0, 0.05) is 27.2 Å². The Morgan fingerprint density at radius 2 is 1.21 bits per heavy atom. The van der Waals surface area contributed by atoms with Gasteiger partial charge in [-0.25, -0.2) is 0 Å². The molecule has 3 rings (SSSR count). The molecular formula is C13H5B7O3S. The predicted octanol–water partition coefficient (Wildman–Crippen LogP) is -6.11. The second-order valence-corrected chi connectivity index (χ2v) is 6.53. The maximum atomic E-state index is 10.4. The molecule has 0 fully saturated rings. The minimum atomic E-state index is -1.97. The molecule has 2 aromatic carbocycles. The van der Waals surface area contributed by atoms with Gasteiger partial charge in [0.05, 0.1) is 0 Å². The molecule has 11 heteroatoms. The van der Waals surface area contributed by atoms with E-state index in [1.807, 2.05) is 0 Å². The highest BCUT2D eigenvalue weighted by atomic mass is 32.2. The van der Waals surface area contributed by atoms with Crippen LogP contribution in [0.1, 0.15) is 11.1 Å². The fourth-order valence-electron chi connectivity index (χ4n) is 2.80. The van der Waals surface area contributed by atoms with E-state index in [2.05, 4.69) is 0 Å². The largest absolute Gasteiger partial charge is 0.508 e. The zero-order valence-corrected chi connectivity index (χ0v) is 13.3. The van der Waals surface area contributed by atoms with Gasteiger partial charge in [-0.15, -0.1) is 10.9 Å². The third kappa shape index (κ3) is 2.40. The van der Waals surface area contributed by atoms with Crippen LogP contribution in [0.25, 0.3) is 0 Å². The van der Waals surface area contributed by atoms with Crippen molar-refractivity contribution in [1.29, 1.82) is 0 Å². The topological polar surface area (TPSA) is 60.7 Å². The van der Waals surface area contributed by atoms with Crippen molar-refractivity contribution in [3.8, 4) is 5.75 Å². The molecule has 0 amide bonds. The van der Waals surface area contributed by atoms with Gasteiger partial charge in [0.2, 0.25) is 0 Å². The number of fused-ring (bicyclic) bond motifs is 2. The first-order chi connectivity index (χ1) is 11.2. The molecule has 0 aliphatic carbocycles. The van der Waals surface area contributed by atoms with Crippen molar-refractivity contribution < 1.29 is 15.2 Å². The quantitative estimate of drug-likeness (QED) is 0.391. The average Bonchev–Trinajstić information content (AvgIpc) is 2.54. The summed E-state index contributed by atoms with van der Waals surface area (Å²) in [6.07, 6.45) is 0.147. The van der Waals surface area contributed by atoms with Crippen LogP contribution in [-0.4, -0.2) is 69.4 Å². The Labute approximate surface area is 152 Å². The molecule has 102 valence electrons. The first-order valence-electron chi connectivity index (χ1n) is 6.88. The van der Waals surface area contributed by atoms with Gasteiger partial charge < -0.3 is 15.2 Å². The van der Waals surface area contributed by atoms with E-state index in [0.717, 1.165) is 11.8 Å². The van der Waals surface area contributed by atoms with Crippen LogP contribution in [0, 0.1) is 0 Å². The van der Waals surface area contributed by atoms with Gasteiger partial charge in [-0.05, 0) is 5.56 Å². The lowest BCUT2D eigenvalue weighted by molar-refractivity contribution is 0.419. The zero-order valence-electron chi connectivity index (χ0n) is 12.5. The molecule has 1 aliphatic rings. The van der Waals surface area contributed by atoms with E-state index in [1.54, 1.807) is 0 Å². The number of phenolic OH excluding ortho intramolecular Hbond substituents is 1. The highest BCUT2D eigenvalue weighted by Crippen LogP contribution is 2.38. The molecule has 0 atom stereocenters. The SMILES string of the molecule is [B]c1c([B])c([B])c2c(c1[B])Cc1c(O)c(B(O)O)c([B])c([B])c1S2. The molecular weight excluding hydrogens is 312 g/mol. The molecule has 3 nitrogen and oxygen atoms in total. The first kappa shape index (κ1) is 17.8. The van der Waals surface area contributed by atoms with Crippen molar-refractivity contribution in [1.82, 2.24) is 0 Å². The lowest BCUT2D eigenvalue weighted by Gasteiger charge is -2.30. The Morgan fingerprint density at radius 1 is 0.708 bits per heavy atom. The fraction of sp³-hybridized carbons (Fsp3) is 0.0769. The summed E-state index contributed by atoms with van der Waals surface area (Å²) in [4.78, 5) is 1.06. The van der Waals surface area contributed by atoms with Gasteiger partial charge in [-0.1, -0.05) is 33.6 Å². The third-order valence-corrected chi connectivity index (χ3v) is 5.51. The third-order valence-electron chi connectivity index (χ3n) is 4.17. The summed E-state index contributed by atoms with van der Waals surface area (Å²) in [5.74, 6) is -0.349. The molecule has 12 radical (unpaired) electrons. The van der Waals surface area contributed by atoms with Crippen LogP contribution in [0.5, 0.6) is 5.75 Å². The number of benzene rings is 2. The van der Waals surface area contributed by atoms with Gasteiger partial charge in [-0.2, -0.15) is 0 Å². The van der Waals surface area contributed by atoms with E-state index in [9.17, 15) is 15.2 Å². The number of hydrogen-bond donors (Lipinski definition) is 3. The minimum Gasteiger partial charge on any atom is -0.508 e. The maximum Gasteiger partial charge on any atom is 0.491 e. The van der Waals surface area contributed by atoms with E-state index in [0.29, 0.717) is 20.9 Å². The Hall–Kier alpha value is -1.04. The summed E-state index contributed by atoms with van der Waals surface area (Å²) in [6.45, 7) is 0. The summed E-state index contributed by atoms with van der Waals surface area (Å²) in [5.41, 5.74) is 1.62. The molecule has 1 heterocycles. The summed E-state index contributed by atoms with van der Waals surface area (Å²) in [6, 6.07) is 0. The Balaban J connectivity index is 2.31. The van der Waals surface area contributed by atoms with Crippen molar-refractivity contribution in [2.75, 3.05) is 0 Å². The molecule has 24 heavy (non-hydrogen) atoms. The Kier molecular flexibility index (Phi) is 4.48. The number of hydrogen-bond acceptors (Lipinski definition) is 4. The summed E-state index contributed by atoms with van der Waals surface area (Å²) < 4.78 is 0. The monoisotopic (exact) mass is 318 g/mol. The smallest absolute Gasteiger partial charge is 0.491 e. The van der Waals surface area contributed by atoms with Crippen molar-refractivity contribution >= 4 is 104 Å². The van der Waals surface area contributed by atoms with Crippen LogP contribution in [-0.2, 0) is 6.42 Å². The van der Waals surface area contributed by atoms with E-state index in [-0.39, 0.29) is 50.4 Å². The summed E-state index contributed by atoms with van der Waals surface area (Å²) in [5, 5.41) is 29.3. The molecule has 0 saturated heterocycles. The summed E-state index contributed by atoms with van der Waals surface area (Å²) >= 11 is 1.15. The van der Waals surface area contributed by atoms with E-state index in [1.165, 1.54) is 0 Å². The molecule has 0 spiro atoms. The minimum absolute atomic E-state index is 0.104. The van der Waals surface area contributed by atoms with Crippen LogP contribution < -0.4 is 38.2 Å². The normalized spacial score (nSPS) is 12.6. The van der Waals surface area contributed by atoms with Crippen LogP contribution in [0.15, 0.2) is 9.79 Å². The van der Waals surface area contributed by atoms with Gasteiger partial charge >= 0.3 is 7.12 Å². The van der Waals surface area contributed by atoms with Crippen LogP contribution in [0.4, 0.5) is 0 Å². The zero-order chi connectivity index (χ0) is 17.9. The molecule has 0 saturated carbocycles. The van der Waals surface area contributed by atoms with Gasteiger partial charge in [-0.3, -0.25) is 0 Å². The Morgan fingerprint density at radius 3 is 1.79 bits per heavy atom. The summed E-state index contributed by atoms with van der Waals surface area (Å²) in [7, 11) is 33.7. The number of rotatable bonds is 1. The van der Waals surface area contributed by atoms with Crippen LogP contribution >= 0.6 is 11.8 Å². The van der Waals surface area contributed by atoms with Crippen LogP contribution in [0.2, 0.25) is 0 Å². The molecule has 0 unspecified atom stereocenters. The highest BCUT2D eigenvalue weighted by molar-refractivity contribution is 8.00. The van der Waals surface area contributed by atoms with E-state index in [4.69, 9.17) is 47.1 Å². The number of phenols is 1. The standard InChI is InChI=1S/C13H5B7O3S/c14-4-2-1-3-11(21)10(20(22)23)7(17)9(19)13(3)24-12(2)8(18)6(16)5(4)15/h21-23H,1H2. The molecule has 0 aromatic heterocycles. The average molecular weight is 317 g/mol. The Bertz CT molecular complexity index is 885. The fourth-order valence-corrected chi connectivity index (χ4v) is 4.04. The van der Waals surface area contributed by atoms with Gasteiger partial charge in [0.25, 0.3) is 0 Å². The molecule has 3 N–H and O–H groups in total. The van der Waals surface area contributed by atoms with Crippen molar-refractivity contribution in [3.05, 3.63) is 11.1 Å². The van der Waals surface area contributed by atoms with Gasteiger partial charge in [0.15, 0.2) is 0 Å². The van der Waals surface area contributed by atoms with E-state index < -0.39 is 7.12 Å². The lowest BCUT2D eigenvalue weighted by atomic mass is 9.63. The second kappa shape index (κ2) is 6.04. The maximum absolute atomic E-state index is 10.4. The molecule has 0 bridgehead atoms. The second-order valence-electron chi connectivity index (χ2n) is 5.51. The van der Waals surface area contributed by atoms with Crippen molar-refractivity contribution in [3.63, 3.8) is 0 Å². The predicted molar refractivity (Wildman–Crippen MR) is 104 cm³/mol. The molecule has 1 aliphatic heterocycles. The van der Waals surface area contributed by atoms with Crippen molar-refractivity contribution in [2.24, 2.45) is 0 Å². The number of aromatic hydroxyl groups is 1.